The minimum atomic E-state index is -0.255. The average Bonchev–Trinajstić information content (AvgIpc) is 2.82. The first-order valence-corrected chi connectivity index (χ1v) is 11.7. The summed E-state index contributed by atoms with van der Waals surface area (Å²) in [4.78, 5) is 0. The van der Waals surface area contributed by atoms with Gasteiger partial charge in [0.15, 0.2) is 0 Å². The van der Waals surface area contributed by atoms with Crippen LogP contribution in [-0.2, 0) is 15.6 Å². The van der Waals surface area contributed by atoms with Crippen molar-refractivity contribution in [2.24, 2.45) is 0 Å². The van der Waals surface area contributed by atoms with Crippen LogP contribution in [0, 0.1) is 0 Å². The fourth-order valence-corrected chi connectivity index (χ4v) is 4.16. The van der Waals surface area contributed by atoms with E-state index in [-0.39, 0.29) is 12.7 Å². The first-order chi connectivity index (χ1) is 11.4. The number of hydrogen-bond donors (Lipinski definition) is 0. The van der Waals surface area contributed by atoms with Gasteiger partial charge in [0.2, 0.25) is 0 Å². The first kappa shape index (κ1) is 21.9. The summed E-state index contributed by atoms with van der Waals surface area (Å²) in [6.07, 6.45) is 12.3. The van der Waals surface area contributed by atoms with Crippen molar-refractivity contribution in [2.45, 2.75) is 58.9 Å². The minimum absolute atomic E-state index is 0.182. The summed E-state index contributed by atoms with van der Waals surface area (Å²) >= 11 is 2.28. The average molecular weight is 461 g/mol. The summed E-state index contributed by atoms with van der Waals surface area (Å²) < 4.78 is 13.9. The van der Waals surface area contributed by atoms with Gasteiger partial charge in [0.05, 0.1) is 5.35 Å². The molecule has 0 spiro atoms. The molecule has 0 bridgehead atoms. The molecular formula is C18H29BINO2S. The number of allylic oxidation sites excluding steroid dienone is 2. The van der Waals surface area contributed by atoms with E-state index >= 15 is 0 Å². The van der Waals surface area contributed by atoms with Crippen molar-refractivity contribution in [1.82, 2.24) is 3.97 Å². The number of hydrogen-bond acceptors (Lipinski definition) is 3. The summed E-state index contributed by atoms with van der Waals surface area (Å²) in [6, 6.07) is 0. The van der Waals surface area contributed by atoms with Gasteiger partial charge in [-0.25, -0.2) is 0 Å². The number of nitrogens with zero attached hydrogens (tertiary/aromatic N) is 1. The van der Waals surface area contributed by atoms with Crippen molar-refractivity contribution < 1.29 is 9.31 Å². The Morgan fingerprint density at radius 1 is 1.46 bits per heavy atom. The van der Waals surface area contributed by atoms with E-state index in [4.69, 9.17) is 9.31 Å². The largest absolute Gasteiger partial charge is 0.461 e. The number of rotatable bonds is 10. The predicted molar refractivity (Wildman–Crippen MR) is 117 cm³/mol. The van der Waals surface area contributed by atoms with Gasteiger partial charge in [0.25, 0.3) is 0 Å². The molecule has 0 saturated carbocycles. The maximum Gasteiger partial charge on any atom is 0.461 e. The molecule has 0 radical (unpaired) electrons. The van der Waals surface area contributed by atoms with Crippen LogP contribution in [0.4, 0.5) is 0 Å². The predicted octanol–water partition coefficient (Wildman–Crippen LogP) is 4.30. The maximum atomic E-state index is 6.21. The monoisotopic (exact) mass is 461 g/mol. The van der Waals surface area contributed by atoms with E-state index in [9.17, 15) is 0 Å². The Morgan fingerprint density at radius 3 is 2.71 bits per heavy atom. The Kier molecular flexibility index (Phi) is 9.78. The van der Waals surface area contributed by atoms with Crippen LogP contribution in [0.15, 0.2) is 18.3 Å². The second kappa shape index (κ2) is 10.7. The molecule has 1 heterocycles. The molecule has 0 aliphatic carbocycles. The molecule has 0 atom stereocenters. The molecule has 0 aromatic carbocycles. The topological polar surface area (TPSA) is 23.4 Å². The number of halogens is 1. The third kappa shape index (κ3) is 6.62. The molecule has 24 heavy (non-hydrogen) atoms. The zero-order chi connectivity index (χ0) is 18.2. The highest BCUT2D eigenvalue weighted by Gasteiger charge is 2.28. The van der Waals surface area contributed by atoms with Crippen molar-refractivity contribution in [3.8, 4) is 0 Å². The van der Waals surface area contributed by atoms with Crippen molar-refractivity contribution in [3.05, 3.63) is 34.5 Å². The lowest BCUT2D eigenvalue weighted by molar-refractivity contribution is 0.0649. The highest BCUT2D eigenvalue weighted by molar-refractivity contribution is 14.2. The molecule has 0 aliphatic rings. The van der Waals surface area contributed by atoms with E-state index in [1.54, 1.807) is 16.2 Å². The Morgan fingerprint density at radius 2 is 2.17 bits per heavy atom. The van der Waals surface area contributed by atoms with Crippen molar-refractivity contribution in [2.75, 3.05) is 7.11 Å². The van der Waals surface area contributed by atoms with E-state index < -0.39 is 0 Å². The zero-order valence-electron chi connectivity index (χ0n) is 15.5. The lowest BCUT2D eigenvalue weighted by Gasteiger charge is -2.28. The normalized spacial score (nSPS) is 13.2. The molecule has 134 valence electrons. The van der Waals surface area contributed by atoms with E-state index in [1.807, 2.05) is 6.92 Å². The first-order valence-electron chi connectivity index (χ1n) is 8.38. The number of aromatic nitrogens is 1. The molecule has 1 aromatic rings. The smallest absolute Gasteiger partial charge is 0.414 e. The van der Waals surface area contributed by atoms with Crippen LogP contribution in [0.25, 0.3) is 12.7 Å². The van der Waals surface area contributed by atoms with Gasteiger partial charge < -0.3 is 9.31 Å². The molecule has 6 heteroatoms. The van der Waals surface area contributed by atoms with Crippen molar-refractivity contribution >= 4 is 50.1 Å². The van der Waals surface area contributed by atoms with Crippen LogP contribution < -0.4 is 10.6 Å². The molecule has 0 N–H and O–H groups in total. The van der Waals surface area contributed by atoms with Gasteiger partial charge in [-0.2, -0.15) is 0 Å². The standard InChI is InChI=1S/C18H29BINO2S/c1-7-9-10-11-17-15(3)21(24-20)14-16(17)13-19(22-6)23-18(4,5)12-8-2/h7,9,11,14H,3,8,10,12-13H2,1-2,4-6H3/b9-7-,17-11+. The highest BCUT2D eigenvalue weighted by Crippen LogP contribution is 2.19. The van der Waals surface area contributed by atoms with E-state index in [0.717, 1.165) is 30.9 Å². The molecule has 0 fully saturated rings. The van der Waals surface area contributed by atoms with Crippen molar-refractivity contribution in [3.63, 3.8) is 0 Å². The minimum Gasteiger partial charge on any atom is -0.414 e. The highest BCUT2D eigenvalue weighted by atomic mass is 127. The molecule has 0 saturated heterocycles. The molecule has 3 nitrogen and oxygen atoms in total. The van der Waals surface area contributed by atoms with Gasteiger partial charge in [-0.1, -0.05) is 38.2 Å². The van der Waals surface area contributed by atoms with Crippen LogP contribution in [0.1, 0.15) is 52.5 Å². The summed E-state index contributed by atoms with van der Waals surface area (Å²) in [5.74, 6) is 0. The molecule has 0 unspecified atom stereocenters. The summed E-state index contributed by atoms with van der Waals surface area (Å²) in [5, 5.41) is 2.22. The van der Waals surface area contributed by atoms with E-state index in [1.165, 1.54) is 10.8 Å². The Balaban J connectivity index is 3.07. The fourth-order valence-electron chi connectivity index (χ4n) is 2.76. The van der Waals surface area contributed by atoms with E-state index in [0.29, 0.717) is 0 Å². The van der Waals surface area contributed by atoms with Gasteiger partial charge >= 0.3 is 7.12 Å². The quantitative estimate of drug-likeness (QED) is 0.295. The molecule has 1 aromatic heterocycles. The van der Waals surface area contributed by atoms with E-state index in [2.05, 4.69) is 77.0 Å². The second-order valence-electron chi connectivity index (χ2n) is 6.42. The molecule has 0 amide bonds. The van der Waals surface area contributed by atoms with Crippen LogP contribution in [0.2, 0.25) is 0 Å². The Bertz CT molecular complexity index is 642. The summed E-state index contributed by atoms with van der Waals surface area (Å²) in [6.45, 7) is 12.7. The van der Waals surface area contributed by atoms with Crippen LogP contribution in [0.5, 0.6) is 0 Å². The third-order valence-corrected chi connectivity index (χ3v) is 5.66. The van der Waals surface area contributed by atoms with Gasteiger partial charge in [-0.3, -0.25) is 3.97 Å². The Hall–Kier alpha value is -0.175. The van der Waals surface area contributed by atoms with Crippen molar-refractivity contribution in [1.29, 1.82) is 0 Å². The van der Waals surface area contributed by atoms with Gasteiger partial charge in [0, 0.05) is 55.6 Å². The fraction of sp³-hybridized carbons (Fsp3) is 0.556. The van der Waals surface area contributed by atoms with Crippen LogP contribution >= 0.6 is 30.3 Å². The summed E-state index contributed by atoms with van der Waals surface area (Å²) in [5.41, 5.74) is 1.03. The second-order valence-corrected chi connectivity index (χ2v) is 8.13. The van der Waals surface area contributed by atoms with Gasteiger partial charge in [-0.15, -0.1) is 0 Å². The lowest BCUT2D eigenvalue weighted by atomic mass is 9.79. The Labute approximate surface area is 163 Å². The third-order valence-electron chi connectivity index (χ3n) is 3.92. The SMILES string of the molecule is C=c1/c(=C\C/C=C\C)c(CB(OC)OC(C)(C)CCC)cn1SI. The maximum absolute atomic E-state index is 6.21. The zero-order valence-corrected chi connectivity index (χ0v) is 18.4. The van der Waals surface area contributed by atoms with Crippen LogP contribution in [-0.4, -0.2) is 23.8 Å². The molecule has 0 aliphatic heterocycles. The lowest BCUT2D eigenvalue weighted by Crippen LogP contribution is -2.38. The molecule has 1 rings (SSSR count). The van der Waals surface area contributed by atoms with Gasteiger partial charge in [-0.05, 0) is 44.4 Å². The van der Waals surface area contributed by atoms with Crippen LogP contribution in [0.3, 0.4) is 0 Å². The molecular weight excluding hydrogens is 432 g/mol. The van der Waals surface area contributed by atoms with Gasteiger partial charge in [0.1, 0.15) is 0 Å². The summed E-state index contributed by atoms with van der Waals surface area (Å²) in [7, 11) is 3.09.